The van der Waals surface area contributed by atoms with E-state index < -0.39 is 10.0 Å². The third-order valence-electron chi connectivity index (χ3n) is 3.36. The molecule has 0 aromatic heterocycles. The number of nitrogens with two attached hydrogens (primary N) is 1. The minimum atomic E-state index is -3.48. The zero-order valence-corrected chi connectivity index (χ0v) is 12.6. The van der Waals surface area contributed by atoms with Gasteiger partial charge in [0.2, 0.25) is 10.0 Å². The molecular formula is C12H18ClN3O2S. The van der Waals surface area contributed by atoms with Crippen molar-refractivity contribution in [2.75, 3.05) is 39.0 Å². The highest BCUT2D eigenvalue weighted by Gasteiger charge is 2.28. The summed E-state index contributed by atoms with van der Waals surface area (Å²) in [6.07, 6.45) is 0. The minimum absolute atomic E-state index is 0.219. The lowest BCUT2D eigenvalue weighted by Gasteiger charge is -2.31. The summed E-state index contributed by atoms with van der Waals surface area (Å²) in [5.74, 6) is 0. The molecule has 2 rings (SSSR count). The molecule has 106 valence electrons. The maximum atomic E-state index is 12.5. The number of nitrogen functional groups attached to an aromatic ring is 1. The fourth-order valence-electron chi connectivity index (χ4n) is 2.09. The summed E-state index contributed by atoms with van der Waals surface area (Å²) < 4.78 is 26.5. The lowest BCUT2D eigenvalue weighted by Crippen LogP contribution is -2.47. The van der Waals surface area contributed by atoms with Crippen LogP contribution in [0.2, 0.25) is 5.02 Å². The molecule has 0 amide bonds. The molecule has 0 saturated carbocycles. The first-order valence-corrected chi connectivity index (χ1v) is 7.88. The summed E-state index contributed by atoms with van der Waals surface area (Å²) in [7, 11) is -1.50. The van der Waals surface area contributed by atoms with Crippen molar-refractivity contribution in [3.05, 3.63) is 22.7 Å². The van der Waals surface area contributed by atoms with Gasteiger partial charge in [-0.3, -0.25) is 0 Å². The number of halogens is 1. The van der Waals surface area contributed by atoms with Gasteiger partial charge in [0.1, 0.15) is 0 Å². The van der Waals surface area contributed by atoms with E-state index in [-0.39, 0.29) is 4.90 Å². The first-order valence-electron chi connectivity index (χ1n) is 6.06. The van der Waals surface area contributed by atoms with Gasteiger partial charge < -0.3 is 10.6 Å². The standard InChI is InChI=1S/C12H18ClN3O2S/c1-9-7-10(8-11(14)12(9)13)19(17,18)16-5-3-15(2)4-6-16/h7-8H,3-6,14H2,1-2H3. The minimum Gasteiger partial charge on any atom is -0.397 e. The number of benzene rings is 1. The van der Waals surface area contributed by atoms with Crippen molar-refractivity contribution in [1.29, 1.82) is 0 Å². The Morgan fingerprint density at radius 3 is 2.32 bits per heavy atom. The number of anilines is 1. The maximum absolute atomic E-state index is 12.5. The third kappa shape index (κ3) is 2.86. The van der Waals surface area contributed by atoms with Gasteiger partial charge in [0.05, 0.1) is 15.6 Å². The Hall–Kier alpha value is -0.820. The van der Waals surface area contributed by atoms with E-state index in [2.05, 4.69) is 4.90 Å². The largest absolute Gasteiger partial charge is 0.397 e. The van der Waals surface area contributed by atoms with Crippen LogP contribution in [0, 0.1) is 6.92 Å². The Labute approximate surface area is 119 Å². The Kier molecular flexibility index (Phi) is 4.06. The number of piperazine rings is 1. The van der Waals surface area contributed by atoms with Crippen molar-refractivity contribution < 1.29 is 8.42 Å². The normalized spacial score (nSPS) is 18.7. The van der Waals surface area contributed by atoms with E-state index in [4.69, 9.17) is 17.3 Å². The Morgan fingerprint density at radius 1 is 1.21 bits per heavy atom. The second-order valence-electron chi connectivity index (χ2n) is 4.85. The van der Waals surface area contributed by atoms with Crippen molar-refractivity contribution in [3.63, 3.8) is 0 Å². The van der Waals surface area contributed by atoms with Crippen molar-refractivity contribution >= 4 is 27.3 Å². The molecule has 1 aliphatic rings. The average molecular weight is 304 g/mol. The Bertz CT molecular complexity index is 558. The van der Waals surface area contributed by atoms with Gasteiger partial charge in [0, 0.05) is 26.2 Å². The predicted octanol–water partition coefficient (Wildman–Crippen LogP) is 1.17. The van der Waals surface area contributed by atoms with Gasteiger partial charge >= 0.3 is 0 Å². The quantitative estimate of drug-likeness (QED) is 0.833. The molecule has 2 N–H and O–H groups in total. The van der Waals surface area contributed by atoms with E-state index in [0.717, 1.165) is 13.1 Å². The number of hydrogen-bond acceptors (Lipinski definition) is 4. The van der Waals surface area contributed by atoms with Crippen LogP contribution in [-0.4, -0.2) is 50.8 Å². The number of likely N-dealkylation sites (N-methyl/N-ethyl adjacent to an activating group) is 1. The molecule has 5 nitrogen and oxygen atoms in total. The highest BCUT2D eigenvalue weighted by molar-refractivity contribution is 7.89. The van der Waals surface area contributed by atoms with Crippen molar-refractivity contribution in [2.45, 2.75) is 11.8 Å². The first-order chi connectivity index (χ1) is 8.82. The van der Waals surface area contributed by atoms with Crippen molar-refractivity contribution in [2.24, 2.45) is 0 Å². The molecule has 0 unspecified atom stereocenters. The fraction of sp³-hybridized carbons (Fsp3) is 0.500. The van der Waals surface area contributed by atoms with Crippen molar-refractivity contribution in [3.8, 4) is 0 Å². The van der Waals surface area contributed by atoms with Gasteiger partial charge in [-0.05, 0) is 31.7 Å². The fourth-order valence-corrected chi connectivity index (χ4v) is 3.74. The summed E-state index contributed by atoms with van der Waals surface area (Å²) in [5.41, 5.74) is 6.72. The summed E-state index contributed by atoms with van der Waals surface area (Å²) in [5, 5.41) is 0.414. The molecule has 0 radical (unpaired) electrons. The monoisotopic (exact) mass is 303 g/mol. The van der Waals surface area contributed by atoms with Crippen LogP contribution in [0.1, 0.15) is 5.56 Å². The number of aryl methyl sites for hydroxylation is 1. The molecule has 0 spiro atoms. The van der Waals surface area contributed by atoms with Gasteiger partial charge in [-0.2, -0.15) is 4.31 Å². The van der Waals surface area contributed by atoms with Crippen LogP contribution in [0.25, 0.3) is 0 Å². The molecule has 1 saturated heterocycles. The molecule has 0 bridgehead atoms. The topological polar surface area (TPSA) is 66.6 Å². The van der Waals surface area contributed by atoms with E-state index in [1.165, 1.54) is 10.4 Å². The van der Waals surface area contributed by atoms with Gasteiger partial charge in [-0.1, -0.05) is 11.6 Å². The summed E-state index contributed by atoms with van der Waals surface area (Å²) in [6.45, 7) is 4.23. The highest BCUT2D eigenvalue weighted by Crippen LogP contribution is 2.28. The zero-order chi connectivity index (χ0) is 14.2. The molecule has 1 fully saturated rings. The average Bonchev–Trinajstić information content (AvgIpc) is 2.35. The maximum Gasteiger partial charge on any atom is 0.243 e. The van der Waals surface area contributed by atoms with Gasteiger partial charge in [-0.15, -0.1) is 0 Å². The van der Waals surface area contributed by atoms with Gasteiger partial charge in [-0.25, -0.2) is 8.42 Å². The number of sulfonamides is 1. The van der Waals surface area contributed by atoms with E-state index in [1.807, 2.05) is 7.05 Å². The molecule has 0 atom stereocenters. The SMILES string of the molecule is Cc1cc(S(=O)(=O)N2CCN(C)CC2)cc(N)c1Cl. The lowest BCUT2D eigenvalue weighted by atomic mass is 10.2. The number of rotatable bonds is 2. The first kappa shape index (κ1) is 14.6. The predicted molar refractivity (Wildman–Crippen MR) is 76.9 cm³/mol. The number of nitrogens with zero attached hydrogens (tertiary/aromatic N) is 2. The van der Waals surface area contributed by atoms with Crippen LogP contribution in [0.3, 0.4) is 0 Å². The smallest absolute Gasteiger partial charge is 0.243 e. The Morgan fingerprint density at radius 2 is 1.79 bits per heavy atom. The lowest BCUT2D eigenvalue weighted by molar-refractivity contribution is 0.222. The van der Waals surface area contributed by atoms with Crippen LogP contribution >= 0.6 is 11.6 Å². The molecule has 0 aliphatic carbocycles. The molecule has 1 heterocycles. The second-order valence-corrected chi connectivity index (χ2v) is 7.17. The van der Waals surface area contributed by atoms with Crippen LogP contribution in [0.5, 0.6) is 0 Å². The van der Waals surface area contributed by atoms with Crippen LogP contribution in [0.4, 0.5) is 5.69 Å². The van der Waals surface area contributed by atoms with Crippen LogP contribution in [-0.2, 0) is 10.0 Å². The summed E-state index contributed by atoms with van der Waals surface area (Å²) >= 11 is 5.96. The van der Waals surface area contributed by atoms with Crippen LogP contribution < -0.4 is 5.73 Å². The zero-order valence-electron chi connectivity index (χ0n) is 11.1. The molecule has 19 heavy (non-hydrogen) atoms. The highest BCUT2D eigenvalue weighted by atomic mass is 35.5. The van der Waals surface area contributed by atoms with Crippen molar-refractivity contribution in [1.82, 2.24) is 9.21 Å². The van der Waals surface area contributed by atoms with Crippen LogP contribution in [0.15, 0.2) is 17.0 Å². The Balaban J connectivity index is 2.35. The molecule has 7 heteroatoms. The van der Waals surface area contributed by atoms with E-state index in [9.17, 15) is 8.42 Å². The van der Waals surface area contributed by atoms with Gasteiger partial charge in [0.25, 0.3) is 0 Å². The van der Waals surface area contributed by atoms with E-state index in [0.29, 0.717) is 29.4 Å². The molecular weight excluding hydrogens is 286 g/mol. The molecule has 1 aliphatic heterocycles. The summed E-state index contributed by atoms with van der Waals surface area (Å²) in [4.78, 5) is 2.32. The molecule has 1 aromatic carbocycles. The second kappa shape index (κ2) is 5.28. The molecule has 1 aromatic rings. The number of hydrogen-bond donors (Lipinski definition) is 1. The van der Waals surface area contributed by atoms with E-state index >= 15 is 0 Å². The summed E-state index contributed by atoms with van der Waals surface area (Å²) in [6, 6.07) is 3.01. The van der Waals surface area contributed by atoms with Gasteiger partial charge in [0.15, 0.2) is 0 Å². The third-order valence-corrected chi connectivity index (χ3v) is 5.75. The van der Waals surface area contributed by atoms with E-state index in [1.54, 1.807) is 13.0 Å².